The van der Waals surface area contributed by atoms with Crippen LogP contribution in [0.15, 0.2) is 42.6 Å². The molecule has 2 aromatic carbocycles. The van der Waals surface area contributed by atoms with Crippen molar-refractivity contribution in [2.45, 2.75) is 26.7 Å². The zero-order valence-corrected chi connectivity index (χ0v) is 13.0. The molecule has 0 saturated carbocycles. The van der Waals surface area contributed by atoms with Gasteiger partial charge in [0.25, 0.3) is 0 Å². The third-order valence-corrected chi connectivity index (χ3v) is 3.87. The van der Waals surface area contributed by atoms with Crippen molar-refractivity contribution < 1.29 is 10.2 Å². The average molecular weight is 293 g/mol. The van der Waals surface area contributed by atoms with Gasteiger partial charge < -0.3 is 10.2 Å². The number of phenolic OH excluding ortho intramolecular Hbond substituents is 2. The lowest BCUT2D eigenvalue weighted by atomic mass is 9.95. The number of aromatic hydroxyl groups is 2. The summed E-state index contributed by atoms with van der Waals surface area (Å²) in [7, 11) is 0. The van der Waals surface area contributed by atoms with Crippen LogP contribution in [0.2, 0.25) is 0 Å². The first kappa shape index (κ1) is 14.4. The molecule has 0 saturated heterocycles. The monoisotopic (exact) mass is 293 g/mol. The van der Waals surface area contributed by atoms with Crippen LogP contribution in [0.1, 0.15) is 30.9 Å². The highest BCUT2D eigenvalue weighted by molar-refractivity contribution is 5.85. The minimum Gasteiger partial charge on any atom is -0.507 e. The van der Waals surface area contributed by atoms with Crippen LogP contribution in [0.25, 0.3) is 22.0 Å². The van der Waals surface area contributed by atoms with E-state index in [0.29, 0.717) is 5.56 Å². The van der Waals surface area contributed by atoms with Gasteiger partial charge in [0.15, 0.2) is 0 Å². The highest BCUT2D eigenvalue weighted by Crippen LogP contribution is 2.38. The Labute approximate surface area is 129 Å². The smallest absolute Gasteiger partial charge is 0.123 e. The molecular formula is C19H19NO2. The topological polar surface area (TPSA) is 53.4 Å². The van der Waals surface area contributed by atoms with Gasteiger partial charge in [0, 0.05) is 17.1 Å². The first-order valence-corrected chi connectivity index (χ1v) is 7.38. The average Bonchev–Trinajstić information content (AvgIpc) is 2.45. The third-order valence-electron chi connectivity index (χ3n) is 3.87. The molecule has 0 aliphatic carbocycles. The molecular weight excluding hydrogens is 274 g/mol. The number of aromatic nitrogens is 1. The molecule has 3 aromatic rings. The van der Waals surface area contributed by atoms with Gasteiger partial charge >= 0.3 is 0 Å². The lowest BCUT2D eigenvalue weighted by Gasteiger charge is -2.13. The van der Waals surface area contributed by atoms with Crippen molar-refractivity contribution in [1.29, 1.82) is 0 Å². The standard InChI is InChI=1S/C19H19NO2/c1-11(2)19-17(21)8-14(9-18(19)22)13-4-5-16-15(7-13)6-12(3)10-20-16/h4-11,21-22H,1-3H3. The molecule has 3 rings (SSSR count). The molecule has 0 aliphatic rings. The predicted octanol–water partition coefficient (Wildman–Crippen LogP) is 4.74. The number of hydrogen-bond acceptors (Lipinski definition) is 3. The summed E-state index contributed by atoms with van der Waals surface area (Å²) in [6.45, 7) is 5.89. The fourth-order valence-corrected chi connectivity index (χ4v) is 2.80. The molecule has 0 radical (unpaired) electrons. The Morgan fingerprint density at radius 1 is 0.909 bits per heavy atom. The number of pyridine rings is 1. The van der Waals surface area contributed by atoms with Gasteiger partial charge in [-0.2, -0.15) is 0 Å². The molecule has 1 heterocycles. The number of aryl methyl sites for hydroxylation is 1. The molecule has 112 valence electrons. The Kier molecular flexibility index (Phi) is 3.49. The molecule has 0 aliphatic heterocycles. The maximum absolute atomic E-state index is 10.2. The van der Waals surface area contributed by atoms with Gasteiger partial charge in [-0.05, 0) is 59.9 Å². The molecule has 3 nitrogen and oxygen atoms in total. The van der Waals surface area contributed by atoms with E-state index in [1.807, 2.05) is 45.2 Å². The zero-order valence-electron chi connectivity index (χ0n) is 13.0. The number of benzene rings is 2. The Hall–Kier alpha value is -2.55. The van der Waals surface area contributed by atoms with E-state index >= 15 is 0 Å². The summed E-state index contributed by atoms with van der Waals surface area (Å²) in [5.74, 6) is 0.331. The van der Waals surface area contributed by atoms with E-state index in [1.54, 1.807) is 12.1 Å². The second-order valence-electron chi connectivity index (χ2n) is 6.00. The number of hydrogen-bond donors (Lipinski definition) is 2. The fourth-order valence-electron chi connectivity index (χ4n) is 2.80. The SMILES string of the molecule is Cc1cnc2ccc(-c3cc(O)c(C(C)C)c(O)c3)cc2c1. The molecule has 0 amide bonds. The fraction of sp³-hybridized carbons (Fsp3) is 0.211. The normalized spacial score (nSPS) is 11.3. The first-order chi connectivity index (χ1) is 10.5. The Bertz CT molecular complexity index is 830. The number of rotatable bonds is 2. The highest BCUT2D eigenvalue weighted by Gasteiger charge is 2.14. The van der Waals surface area contributed by atoms with E-state index in [2.05, 4.69) is 11.1 Å². The van der Waals surface area contributed by atoms with Crippen molar-refractivity contribution in [1.82, 2.24) is 4.98 Å². The summed E-state index contributed by atoms with van der Waals surface area (Å²) in [6, 6.07) is 11.4. The van der Waals surface area contributed by atoms with Gasteiger partial charge in [0.2, 0.25) is 0 Å². The van der Waals surface area contributed by atoms with Crippen LogP contribution in [-0.2, 0) is 0 Å². The van der Waals surface area contributed by atoms with Crippen LogP contribution in [0.4, 0.5) is 0 Å². The molecule has 22 heavy (non-hydrogen) atoms. The van der Waals surface area contributed by atoms with Crippen molar-refractivity contribution in [2.24, 2.45) is 0 Å². The van der Waals surface area contributed by atoms with Gasteiger partial charge in [-0.25, -0.2) is 0 Å². The minimum atomic E-state index is 0.0671. The Balaban J connectivity index is 2.15. The van der Waals surface area contributed by atoms with Gasteiger partial charge in [-0.3, -0.25) is 4.98 Å². The molecule has 0 spiro atoms. The van der Waals surface area contributed by atoms with Crippen molar-refractivity contribution in [3.8, 4) is 22.6 Å². The zero-order chi connectivity index (χ0) is 15.9. The Morgan fingerprint density at radius 3 is 2.23 bits per heavy atom. The van der Waals surface area contributed by atoms with E-state index in [9.17, 15) is 10.2 Å². The second-order valence-corrected chi connectivity index (χ2v) is 6.00. The van der Waals surface area contributed by atoms with Crippen LogP contribution in [-0.4, -0.2) is 15.2 Å². The van der Waals surface area contributed by atoms with Crippen LogP contribution < -0.4 is 0 Å². The van der Waals surface area contributed by atoms with Crippen LogP contribution in [0, 0.1) is 6.92 Å². The van der Waals surface area contributed by atoms with Crippen molar-refractivity contribution in [2.75, 3.05) is 0 Å². The molecule has 2 N–H and O–H groups in total. The maximum Gasteiger partial charge on any atom is 0.123 e. The summed E-state index contributed by atoms with van der Waals surface area (Å²) < 4.78 is 0. The van der Waals surface area contributed by atoms with Crippen LogP contribution >= 0.6 is 0 Å². The summed E-state index contributed by atoms with van der Waals surface area (Å²) >= 11 is 0. The minimum absolute atomic E-state index is 0.0671. The molecule has 3 heteroatoms. The van der Waals surface area contributed by atoms with Gasteiger partial charge in [0.1, 0.15) is 11.5 Å². The van der Waals surface area contributed by atoms with E-state index in [-0.39, 0.29) is 17.4 Å². The second kappa shape index (κ2) is 5.34. The van der Waals surface area contributed by atoms with Crippen LogP contribution in [0.5, 0.6) is 11.5 Å². The summed E-state index contributed by atoms with van der Waals surface area (Å²) in [5.41, 5.74) is 4.36. The summed E-state index contributed by atoms with van der Waals surface area (Å²) in [6.07, 6.45) is 1.84. The molecule has 0 unspecified atom stereocenters. The van der Waals surface area contributed by atoms with Crippen molar-refractivity contribution >= 4 is 10.9 Å². The maximum atomic E-state index is 10.2. The lowest BCUT2D eigenvalue weighted by Crippen LogP contribution is -1.91. The van der Waals surface area contributed by atoms with E-state index in [4.69, 9.17) is 0 Å². The lowest BCUT2D eigenvalue weighted by molar-refractivity contribution is 0.434. The molecule has 1 aromatic heterocycles. The summed E-state index contributed by atoms with van der Waals surface area (Å²) in [4.78, 5) is 4.39. The van der Waals surface area contributed by atoms with Gasteiger partial charge in [-0.1, -0.05) is 19.9 Å². The highest BCUT2D eigenvalue weighted by atomic mass is 16.3. The third kappa shape index (κ3) is 2.50. The van der Waals surface area contributed by atoms with Crippen LogP contribution in [0.3, 0.4) is 0 Å². The summed E-state index contributed by atoms with van der Waals surface area (Å²) in [5, 5.41) is 21.4. The molecule has 0 bridgehead atoms. The Morgan fingerprint density at radius 2 is 1.59 bits per heavy atom. The first-order valence-electron chi connectivity index (χ1n) is 7.38. The molecule has 0 fully saturated rings. The van der Waals surface area contributed by atoms with Gasteiger partial charge in [0.05, 0.1) is 5.52 Å². The largest absolute Gasteiger partial charge is 0.507 e. The van der Waals surface area contributed by atoms with Crippen molar-refractivity contribution in [3.05, 3.63) is 53.7 Å². The van der Waals surface area contributed by atoms with Crippen molar-refractivity contribution in [3.63, 3.8) is 0 Å². The van der Waals surface area contributed by atoms with E-state index < -0.39 is 0 Å². The number of phenols is 2. The quantitative estimate of drug-likeness (QED) is 0.717. The molecule has 0 atom stereocenters. The van der Waals surface area contributed by atoms with E-state index in [0.717, 1.165) is 27.6 Å². The van der Waals surface area contributed by atoms with Gasteiger partial charge in [-0.15, -0.1) is 0 Å². The predicted molar refractivity (Wildman–Crippen MR) is 89.3 cm³/mol. The van der Waals surface area contributed by atoms with E-state index in [1.165, 1.54) is 0 Å². The number of nitrogens with zero attached hydrogens (tertiary/aromatic N) is 1. The number of fused-ring (bicyclic) bond motifs is 1.